The zero-order valence-electron chi connectivity index (χ0n) is 10.2. The molecule has 1 heterocycles. The van der Waals surface area contributed by atoms with E-state index in [1.807, 2.05) is 6.07 Å². The normalized spacial score (nSPS) is 9.74. The zero-order valence-corrected chi connectivity index (χ0v) is 10.2. The molecule has 0 unspecified atom stereocenters. The highest BCUT2D eigenvalue weighted by Crippen LogP contribution is 2.18. The molecule has 0 aliphatic heterocycles. The Balaban J connectivity index is 2.34. The lowest BCUT2D eigenvalue weighted by atomic mass is 10.2. The maximum Gasteiger partial charge on any atom is 0.276 e. The number of rotatable bonds is 2. The number of benzene rings is 1. The van der Waals surface area contributed by atoms with Crippen molar-refractivity contribution in [2.75, 3.05) is 11.9 Å². The smallest absolute Gasteiger partial charge is 0.276 e. The molecule has 0 N–H and O–H groups in total. The number of hydrogen-bond donors (Lipinski definition) is 0. The minimum Gasteiger partial charge on any atom is -0.307 e. The maximum atomic E-state index is 13.6. The molecule has 0 fully saturated rings. The van der Waals surface area contributed by atoms with Crippen molar-refractivity contribution in [1.29, 1.82) is 5.26 Å². The fourth-order valence-corrected chi connectivity index (χ4v) is 1.62. The van der Waals surface area contributed by atoms with Gasteiger partial charge >= 0.3 is 0 Å². The van der Waals surface area contributed by atoms with Crippen molar-refractivity contribution in [1.82, 2.24) is 4.98 Å². The predicted octanol–water partition coefficient (Wildman–Crippen LogP) is 2.37. The van der Waals surface area contributed by atoms with Gasteiger partial charge in [-0.2, -0.15) is 5.26 Å². The van der Waals surface area contributed by atoms with E-state index in [2.05, 4.69) is 4.98 Å². The van der Waals surface area contributed by atoms with Crippen LogP contribution in [0.4, 0.5) is 10.1 Å². The number of nitrogens with zero attached hydrogens (tertiary/aromatic N) is 3. The number of nitriles is 1. The number of halogens is 1. The van der Waals surface area contributed by atoms with Crippen LogP contribution >= 0.6 is 0 Å². The summed E-state index contributed by atoms with van der Waals surface area (Å²) < 4.78 is 13.6. The monoisotopic (exact) mass is 255 g/mol. The van der Waals surface area contributed by atoms with Crippen LogP contribution in [0.15, 0.2) is 42.5 Å². The van der Waals surface area contributed by atoms with Gasteiger partial charge in [-0.25, -0.2) is 9.37 Å². The van der Waals surface area contributed by atoms with E-state index in [4.69, 9.17) is 5.26 Å². The number of hydrogen-bond acceptors (Lipinski definition) is 3. The molecule has 0 bridgehead atoms. The molecule has 0 spiro atoms. The average molecular weight is 255 g/mol. The number of carbonyl (C=O) groups excluding carboxylic acids is 1. The van der Waals surface area contributed by atoms with Gasteiger partial charge in [-0.05, 0) is 24.3 Å². The highest BCUT2D eigenvalue weighted by Gasteiger charge is 2.17. The Hall–Kier alpha value is -2.74. The van der Waals surface area contributed by atoms with Gasteiger partial charge < -0.3 is 4.90 Å². The Morgan fingerprint density at radius 1 is 1.26 bits per heavy atom. The van der Waals surface area contributed by atoms with Gasteiger partial charge in [0.2, 0.25) is 0 Å². The van der Waals surface area contributed by atoms with Gasteiger partial charge in [-0.15, -0.1) is 0 Å². The molecule has 0 aliphatic carbocycles. The molecule has 0 saturated carbocycles. The molecule has 0 saturated heterocycles. The molecule has 1 aromatic carbocycles. The van der Waals surface area contributed by atoms with E-state index in [0.717, 1.165) is 0 Å². The van der Waals surface area contributed by atoms with Crippen molar-refractivity contribution in [2.24, 2.45) is 0 Å². The van der Waals surface area contributed by atoms with Crippen LogP contribution in [-0.4, -0.2) is 17.9 Å². The van der Waals surface area contributed by atoms with Crippen molar-refractivity contribution >= 4 is 11.6 Å². The predicted molar refractivity (Wildman–Crippen MR) is 68.1 cm³/mol. The van der Waals surface area contributed by atoms with Crippen LogP contribution in [-0.2, 0) is 0 Å². The first kappa shape index (κ1) is 12.7. The molecule has 4 nitrogen and oxygen atoms in total. The second kappa shape index (κ2) is 5.27. The van der Waals surface area contributed by atoms with Crippen LogP contribution < -0.4 is 4.90 Å². The second-order valence-corrected chi connectivity index (χ2v) is 3.84. The molecule has 0 atom stereocenters. The van der Waals surface area contributed by atoms with Gasteiger partial charge in [-0.1, -0.05) is 18.2 Å². The summed E-state index contributed by atoms with van der Waals surface area (Å²) in [7, 11) is 1.46. The largest absolute Gasteiger partial charge is 0.307 e. The van der Waals surface area contributed by atoms with Gasteiger partial charge in [0.05, 0.1) is 5.69 Å². The summed E-state index contributed by atoms with van der Waals surface area (Å²) in [5.41, 5.74) is 0.411. The molecule has 5 heteroatoms. The number of amides is 1. The number of carbonyl (C=O) groups is 1. The van der Waals surface area contributed by atoms with Crippen LogP contribution in [0.2, 0.25) is 0 Å². The third-order valence-corrected chi connectivity index (χ3v) is 2.60. The standard InChI is InChI=1S/C14H10FN3O/c1-18(13-8-3-2-6-11(13)15)14(19)12-7-4-5-10(9-16)17-12/h2-8H,1H3. The molecule has 1 amide bonds. The van der Waals surface area contributed by atoms with Crippen LogP contribution in [0, 0.1) is 17.1 Å². The van der Waals surface area contributed by atoms with E-state index in [9.17, 15) is 9.18 Å². The lowest BCUT2D eigenvalue weighted by Gasteiger charge is -2.17. The minimum absolute atomic E-state index is 0.102. The SMILES string of the molecule is CN(C(=O)c1cccc(C#N)n1)c1ccccc1F. The van der Waals surface area contributed by atoms with Crippen LogP contribution in [0.25, 0.3) is 0 Å². The van der Waals surface area contributed by atoms with E-state index in [0.29, 0.717) is 0 Å². The third kappa shape index (κ3) is 2.58. The van der Waals surface area contributed by atoms with E-state index in [1.54, 1.807) is 18.2 Å². The Labute approximate surface area is 109 Å². The first-order chi connectivity index (χ1) is 9.13. The maximum absolute atomic E-state index is 13.6. The summed E-state index contributed by atoms with van der Waals surface area (Å²) in [6, 6.07) is 12.4. The Kier molecular flexibility index (Phi) is 3.53. The summed E-state index contributed by atoms with van der Waals surface area (Å²) in [4.78, 5) is 17.2. The summed E-state index contributed by atoms with van der Waals surface area (Å²) in [6.45, 7) is 0. The fraction of sp³-hybridized carbons (Fsp3) is 0.0714. The summed E-state index contributed by atoms with van der Waals surface area (Å²) >= 11 is 0. The average Bonchev–Trinajstić information content (AvgIpc) is 2.46. The molecule has 2 aromatic rings. The highest BCUT2D eigenvalue weighted by molar-refractivity contribution is 6.04. The van der Waals surface area contributed by atoms with Gasteiger partial charge in [0, 0.05) is 7.05 Å². The van der Waals surface area contributed by atoms with E-state index in [-0.39, 0.29) is 17.1 Å². The molecular weight excluding hydrogens is 245 g/mol. The Morgan fingerprint density at radius 2 is 2.00 bits per heavy atom. The van der Waals surface area contributed by atoms with Crippen LogP contribution in [0.3, 0.4) is 0 Å². The first-order valence-electron chi connectivity index (χ1n) is 5.53. The fourth-order valence-electron chi connectivity index (χ4n) is 1.62. The van der Waals surface area contributed by atoms with Crippen molar-refractivity contribution in [3.8, 4) is 6.07 Å². The molecule has 1 aromatic heterocycles. The third-order valence-electron chi connectivity index (χ3n) is 2.60. The van der Waals surface area contributed by atoms with Crippen molar-refractivity contribution in [3.05, 3.63) is 59.7 Å². The summed E-state index contributed by atoms with van der Waals surface area (Å²) in [5.74, 6) is -0.961. The topological polar surface area (TPSA) is 57.0 Å². The van der Waals surface area contributed by atoms with Gasteiger partial charge in [0.25, 0.3) is 5.91 Å². The number of pyridine rings is 1. The van der Waals surface area contributed by atoms with E-state index in [1.165, 1.54) is 36.2 Å². The molecule has 0 radical (unpaired) electrons. The molecular formula is C14H10FN3O. The minimum atomic E-state index is -0.491. The molecule has 2 rings (SSSR count). The zero-order chi connectivity index (χ0) is 13.8. The van der Waals surface area contributed by atoms with Crippen molar-refractivity contribution in [3.63, 3.8) is 0 Å². The highest BCUT2D eigenvalue weighted by atomic mass is 19.1. The molecule has 19 heavy (non-hydrogen) atoms. The van der Waals surface area contributed by atoms with E-state index >= 15 is 0 Å². The van der Waals surface area contributed by atoms with Gasteiger partial charge in [0.1, 0.15) is 23.3 Å². The van der Waals surface area contributed by atoms with Crippen molar-refractivity contribution in [2.45, 2.75) is 0 Å². The van der Waals surface area contributed by atoms with E-state index < -0.39 is 11.7 Å². The number of aromatic nitrogens is 1. The van der Waals surface area contributed by atoms with Gasteiger partial charge in [-0.3, -0.25) is 4.79 Å². The lowest BCUT2D eigenvalue weighted by Crippen LogP contribution is -2.28. The number of anilines is 1. The van der Waals surface area contributed by atoms with Crippen molar-refractivity contribution < 1.29 is 9.18 Å². The Bertz CT molecular complexity index is 664. The molecule has 0 aliphatic rings. The quantitative estimate of drug-likeness (QED) is 0.827. The number of para-hydroxylation sites is 1. The van der Waals surface area contributed by atoms with Crippen LogP contribution in [0.5, 0.6) is 0 Å². The van der Waals surface area contributed by atoms with Gasteiger partial charge in [0.15, 0.2) is 0 Å². The first-order valence-corrected chi connectivity index (χ1v) is 5.53. The second-order valence-electron chi connectivity index (χ2n) is 3.84. The molecule has 94 valence electrons. The van der Waals surface area contributed by atoms with Crippen LogP contribution in [0.1, 0.15) is 16.2 Å². The lowest BCUT2D eigenvalue weighted by molar-refractivity contribution is 0.0987. The summed E-state index contributed by atoms with van der Waals surface area (Å²) in [6.07, 6.45) is 0. The summed E-state index contributed by atoms with van der Waals surface area (Å²) in [5, 5.41) is 8.75. The Morgan fingerprint density at radius 3 is 2.68 bits per heavy atom.